The number of hydrogen-bond acceptors (Lipinski definition) is 3. The molecule has 3 aromatic rings. The van der Waals surface area contributed by atoms with Crippen LogP contribution in [0.3, 0.4) is 0 Å². The van der Waals surface area contributed by atoms with E-state index in [0.717, 1.165) is 27.8 Å². The summed E-state index contributed by atoms with van der Waals surface area (Å²) in [5, 5.41) is 7.92. The molecule has 1 atom stereocenters. The van der Waals surface area contributed by atoms with Crippen LogP contribution >= 0.6 is 11.6 Å². The largest absolute Gasteiger partial charge is 0.348 e. The van der Waals surface area contributed by atoms with Gasteiger partial charge in [0.15, 0.2) is 6.29 Å². The van der Waals surface area contributed by atoms with Crippen molar-refractivity contribution in [1.82, 2.24) is 19.7 Å². The van der Waals surface area contributed by atoms with Crippen LogP contribution in [0.5, 0.6) is 0 Å². The second-order valence-corrected chi connectivity index (χ2v) is 7.83. The Labute approximate surface area is 180 Å². The van der Waals surface area contributed by atoms with Gasteiger partial charge in [-0.2, -0.15) is 0 Å². The maximum absolute atomic E-state index is 13.0. The normalized spacial score (nSPS) is 16.9. The Balaban J connectivity index is 1.63. The van der Waals surface area contributed by atoms with Gasteiger partial charge in [-0.15, -0.1) is 0 Å². The average molecular weight is 426 g/mol. The zero-order chi connectivity index (χ0) is 21.4. The van der Waals surface area contributed by atoms with Gasteiger partial charge in [-0.25, -0.2) is 14.5 Å². The molecule has 4 rings (SSSR count). The molecule has 1 fully saturated rings. The molecular weight excluding hydrogens is 402 g/mol. The third-order valence-corrected chi connectivity index (χ3v) is 5.71. The minimum Gasteiger partial charge on any atom is -0.348 e. The fraction of sp³-hybridized carbons (Fsp3) is 0.273. The summed E-state index contributed by atoms with van der Waals surface area (Å²) in [6, 6.07) is 14.7. The Morgan fingerprint density at radius 2 is 1.83 bits per heavy atom. The monoisotopic (exact) mass is 425 g/mol. The molecule has 1 saturated heterocycles. The zero-order valence-electron chi connectivity index (χ0n) is 17.1. The molecule has 2 heterocycles. The van der Waals surface area contributed by atoms with E-state index in [1.54, 1.807) is 24.0 Å². The molecule has 1 aromatic heterocycles. The first-order valence-corrected chi connectivity index (χ1v) is 10.2. The van der Waals surface area contributed by atoms with E-state index in [1.807, 2.05) is 37.4 Å². The lowest BCUT2D eigenvalue weighted by Gasteiger charge is -2.41. The van der Waals surface area contributed by atoms with E-state index in [1.165, 1.54) is 4.90 Å². The summed E-state index contributed by atoms with van der Waals surface area (Å²) >= 11 is 5.98. The Bertz CT molecular complexity index is 1110. The van der Waals surface area contributed by atoms with Crippen LogP contribution in [0.2, 0.25) is 5.02 Å². The number of nitrogens with one attached hydrogen (secondary N) is 2. The Morgan fingerprint density at radius 1 is 1.10 bits per heavy atom. The van der Waals surface area contributed by atoms with Crippen LogP contribution in [-0.2, 0) is 13.6 Å². The number of fused-ring (bicyclic) bond motifs is 1. The molecule has 1 aliphatic heterocycles. The number of hydrogen-bond donors (Lipinski definition) is 2. The van der Waals surface area contributed by atoms with Gasteiger partial charge >= 0.3 is 12.1 Å². The Morgan fingerprint density at radius 3 is 2.53 bits per heavy atom. The average Bonchev–Trinajstić information content (AvgIpc) is 3.00. The highest BCUT2D eigenvalue weighted by atomic mass is 35.5. The van der Waals surface area contributed by atoms with Crippen molar-refractivity contribution in [2.75, 3.05) is 11.9 Å². The van der Waals surface area contributed by atoms with E-state index in [0.29, 0.717) is 18.1 Å². The molecule has 156 valence electrons. The minimum absolute atomic E-state index is 0.295. The molecule has 1 aliphatic rings. The quantitative estimate of drug-likeness (QED) is 0.632. The molecule has 0 saturated carbocycles. The van der Waals surface area contributed by atoms with Gasteiger partial charge in [0, 0.05) is 40.9 Å². The van der Waals surface area contributed by atoms with Crippen LogP contribution in [0, 0.1) is 6.92 Å². The van der Waals surface area contributed by atoms with E-state index < -0.39 is 12.3 Å². The highest BCUT2D eigenvalue weighted by molar-refractivity contribution is 6.30. The van der Waals surface area contributed by atoms with Crippen LogP contribution in [-0.4, -0.2) is 39.3 Å². The van der Waals surface area contributed by atoms with Gasteiger partial charge in [-0.1, -0.05) is 23.7 Å². The number of carbonyl (C=O) groups is 2. The predicted octanol–water partition coefficient (Wildman–Crippen LogP) is 4.50. The molecule has 2 N–H and O–H groups in total. The van der Waals surface area contributed by atoms with Crippen molar-refractivity contribution in [3.63, 3.8) is 0 Å². The zero-order valence-corrected chi connectivity index (χ0v) is 17.9. The highest BCUT2D eigenvalue weighted by Gasteiger charge is 2.37. The van der Waals surface area contributed by atoms with E-state index in [9.17, 15) is 9.59 Å². The van der Waals surface area contributed by atoms with Crippen molar-refractivity contribution in [1.29, 1.82) is 0 Å². The van der Waals surface area contributed by atoms with E-state index >= 15 is 0 Å². The van der Waals surface area contributed by atoms with Crippen LogP contribution < -0.4 is 10.6 Å². The molecule has 4 amide bonds. The second kappa shape index (κ2) is 7.91. The number of anilines is 1. The summed E-state index contributed by atoms with van der Waals surface area (Å²) in [6.07, 6.45) is -0.675. The van der Waals surface area contributed by atoms with Gasteiger partial charge in [-0.05, 0) is 55.8 Å². The summed E-state index contributed by atoms with van der Waals surface area (Å²) in [7, 11) is 2.03. The fourth-order valence-corrected chi connectivity index (χ4v) is 3.82. The van der Waals surface area contributed by atoms with Crippen molar-refractivity contribution >= 4 is 40.3 Å². The third-order valence-electron chi connectivity index (χ3n) is 5.46. The van der Waals surface area contributed by atoms with Crippen molar-refractivity contribution in [2.45, 2.75) is 26.7 Å². The fourth-order valence-electron chi connectivity index (χ4n) is 3.70. The number of imide groups is 1. The molecule has 1 unspecified atom stereocenters. The number of amides is 4. The summed E-state index contributed by atoms with van der Waals surface area (Å²) < 4.78 is 2.12. The lowest BCUT2D eigenvalue weighted by Crippen LogP contribution is -2.66. The van der Waals surface area contributed by atoms with Gasteiger partial charge in [0.1, 0.15) is 0 Å². The van der Waals surface area contributed by atoms with E-state index in [-0.39, 0.29) is 6.03 Å². The van der Waals surface area contributed by atoms with Gasteiger partial charge in [-0.3, -0.25) is 10.2 Å². The van der Waals surface area contributed by atoms with Gasteiger partial charge in [0.25, 0.3) is 0 Å². The maximum atomic E-state index is 13.0. The molecule has 0 radical (unpaired) electrons. The Kier molecular flexibility index (Phi) is 5.30. The second-order valence-electron chi connectivity index (χ2n) is 7.40. The molecule has 0 bridgehead atoms. The molecular formula is C22H24ClN5O2. The van der Waals surface area contributed by atoms with Gasteiger partial charge in [0.05, 0.1) is 6.54 Å². The molecule has 8 heteroatoms. The van der Waals surface area contributed by atoms with Crippen molar-refractivity contribution in [3.05, 3.63) is 64.8 Å². The smallest absolute Gasteiger partial charge is 0.331 e. The molecule has 30 heavy (non-hydrogen) atoms. The third kappa shape index (κ3) is 3.68. The Hall–Kier alpha value is -3.19. The molecule has 0 aliphatic carbocycles. The van der Waals surface area contributed by atoms with E-state index in [4.69, 9.17) is 11.6 Å². The first-order chi connectivity index (χ1) is 14.4. The first kappa shape index (κ1) is 20.1. The number of aromatic nitrogens is 1. The number of urea groups is 2. The standard InChI is InChI=1S/C22H24ClN5O2/c1-4-27-21(29)25-20(28(22(27)30)13-15-5-7-17(23)8-6-15)24-18-9-10-19-16(12-18)11-14(2)26(19)3/h5-12,20,24H,4,13H2,1-3H3,(H,25,29). The maximum Gasteiger partial charge on any atom is 0.331 e. The number of halogens is 1. The summed E-state index contributed by atoms with van der Waals surface area (Å²) in [5.41, 5.74) is 4.02. The lowest BCUT2D eigenvalue weighted by molar-refractivity contribution is 0.108. The topological polar surface area (TPSA) is 69.6 Å². The van der Waals surface area contributed by atoms with Gasteiger partial charge in [0.2, 0.25) is 0 Å². The summed E-state index contributed by atoms with van der Waals surface area (Å²) in [6.45, 7) is 4.46. The van der Waals surface area contributed by atoms with Crippen LogP contribution in [0.4, 0.5) is 15.3 Å². The van der Waals surface area contributed by atoms with Gasteiger partial charge < -0.3 is 9.88 Å². The summed E-state index contributed by atoms with van der Waals surface area (Å²) in [4.78, 5) is 28.3. The number of aryl methyl sites for hydroxylation is 2. The van der Waals surface area contributed by atoms with Crippen molar-refractivity contribution in [3.8, 4) is 0 Å². The van der Waals surface area contributed by atoms with Crippen molar-refractivity contribution < 1.29 is 9.59 Å². The van der Waals surface area contributed by atoms with Crippen LogP contribution in [0.25, 0.3) is 10.9 Å². The number of nitrogens with zero attached hydrogens (tertiary/aromatic N) is 3. The summed E-state index contributed by atoms with van der Waals surface area (Å²) in [5.74, 6) is 0. The van der Waals surface area contributed by atoms with Crippen molar-refractivity contribution in [2.24, 2.45) is 7.05 Å². The molecule has 7 nitrogen and oxygen atoms in total. The minimum atomic E-state index is -0.675. The van der Waals surface area contributed by atoms with Crippen LogP contribution in [0.15, 0.2) is 48.5 Å². The highest BCUT2D eigenvalue weighted by Crippen LogP contribution is 2.24. The molecule has 0 spiro atoms. The van der Waals surface area contributed by atoms with E-state index in [2.05, 4.69) is 28.2 Å². The SMILES string of the molecule is CCN1C(=O)NC(Nc2ccc3c(c2)cc(C)n3C)N(Cc2ccc(Cl)cc2)C1=O. The number of carbonyl (C=O) groups excluding carboxylic acids is 2. The number of rotatable bonds is 5. The first-order valence-electron chi connectivity index (χ1n) is 9.83. The molecule has 2 aromatic carbocycles. The predicted molar refractivity (Wildman–Crippen MR) is 118 cm³/mol. The van der Waals surface area contributed by atoms with Crippen LogP contribution in [0.1, 0.15) is 18.2 Å². The lowest BCUT2D eigenvalue weighted by atomic mass is 10.2. The number of benzene rings is 2.